The fourth-order valence-corrected chi connectivity index (χ4v) is 3.60. The fraction of sp³-hybridized carbons (Fsp3) is 0.350. The summed E-state index contributed by atoms with van der Waals surface area (Å²) >= 11 is 0. The number of fused-ring (bicyclic) bond motifs is 1. The van der Waals surface area contributed by atoms with Crippen LogP contribution in [0.25, 0.3) is 0 Å². The van der Waals surface area contributed by atoms with E-state index in [1.165, 1.54) is 17.7 Å². The number of hydrogen-bond acceptors (Lipinski definition) is 3. The number of rotatable bonds is 3. The summed E-state index contributed by atoms with van der Waals surface area (Å²) in [6.45, 7) is 3.09. The van der Waals surface area contributed by atoms with E-state index in [0.29, 0.717) is 19.7 Å². The zero-order valence-electron chi connectivity index (χ0n) is 14.0. The van der Waals surface area contributed by atoms with Gasteiger partial charge in [-0.1, -0.05) is 30.3 Å². The topological polar surface area (TPSA) is 32.8 Å². The van der Waals surface area contributed by atoms with Crippen molar-refractivity contribution in [3.05, 3.63) is 65.5 Å². The third kappa shape index (κ3) is 3.43. The summed E-state index contributed by atoms with van der Waals surface area (Å²) in [6.07, 6.45) is 0.802. The van der Waals surface area contributed by atoms with E-state index in [1.54, 1.807) is 12.1 Å². The molecule has 2 aromatic rings. The normalized spacial score (nSPS) is 20.5. The molecule has 2 aliphatic heterocycles. The Kier molecular flexibility index (Phi) is 4.51. The number of carbonyl (C=O) groups is 1. The molecule has 2 aromatic carbocycles. The Morgan fingerprint density at radius 3 is 2.76 bits per heavy atom. The molecule has 4 nitrogen and oxygen atoms in total. The van der Waals surface area contributed by atoms with Crippen molar-refractivity contribution in [2.24, 2.45) is 0 Å². The van der Waals surface area contributed by atoms with Gasteiger partial charge in [0.05, 0.1) is 19.3 Å². The lowest BCUT2D eigenvalue weighted by molar-refractivity contribution is -0.121. The van der Waals surface area contributed by atoms with Crippen molar-refractivity contribution in [2.45, 2.75) is 12.5 Å². The van der Waals surface area contributed by atoms with E-state index < -0.39 is 0 Å². The van der Waals surface area contributed by atoms with Gasteiger partial charge in [0.1, 0.15) is 5.82 Å². The Morgan fingerprint density at radius 2 is 1.92 bits per heavy atom. The molecule has 0 saturated carbocycles. The largest absolute Gasteiger partial charge is 0.371 e. The van der Waals surface area contributed by atoms with Crippen molar-refractivity contribution in [1.82, 2.24) is 4.90 Å². The predicted octanol–water partition coefficient (Wildman–Crippen LogP) is 2.79. The summed E-state index contributed by atoms with van der Waals surface area (Å²) < 4.78 is 18.9. The van der Waals surface area contributed by atoms with Gasteiger partial charge in [-0.15, -0.1) is 0 Å². The number of para-hydroxylation sites is 1. The lowest BCUT2D eigenvalue weighted by Crippen LogP contribution is -2.45. The molecular weight excluding hydrogens is 319 g/mol. The standard InChI is InChI=1S/C20H21FN2O2/c21-17-7-5-16(6-8-17)19-13-22(11-12-25-19)14-20(24)23-10-9-15-3-1-2-4-18(15)23/h1-8,19H,9-14H2. The lowest BCUT2D eigenvalue weighted by atomic mass is 10.1. The second-order valence-corrected chi connectivity index (χ2v) is 6.57. The number of carbonyl (C=O) groups excluding carboxylic acids is 1. The first-order valence-corrected chi connectivity index (χ1v) is 8.68. The van der Waals surface area contributed by atoms with Crippen LogP contribution in [0.1, 0.15) is 17.2 Å². The first-order valence-electron chi connectivity index (χ1n) is 8.68. The molecule has 4 rings (SSSR count). The fourth-order valence-electron chi connectivity index (χ4n) is 3.60. The highest BCUT2D eigenvalue weighted by Crippen LogP contribution is 2.28. The summed E-state index contributed by atoms with van der Waals surface area (Å²) in [5, 5.41) is 0. The number of ether oxygens (including phenoxy) is 1. The lowest BCUT2D eigenvalue weighted by Gasteiger charge is -2.33. The Labute approximate surface area is 146 Å². The summed E-state index contributed by atoms with van der Waals surface area (Å²) in [5.74, 6) is -0.121. The zero-order chi connectivity index (χ0) is 17.2. The van der Waals surface area contributed by atoms with Gasteiger partial charge in [0, 0.05) is 25.3 Å². The Hall–Kier alpha value is -2.24. The third-order valence-electron chi connectivity index (χ3n) is 4.94. The van der Waals surface area contributed by atoms with Gasteiger partial charge in [-0.25, -0.2) is 4.39 Å². The zero-order valence-corrected chi connectivity index (χ0v) is 14.0. The maximum Gasteiger partial charge on any atom is 0.241 e. The van der Waals surface area contributed by atoms with Crippen molar-refractivity contribution >= 4 is 11.6 Å². The van der Waals surface area contributed by atoms with Gasteiger partial charge in [0.25, 0.3) is 0 Å². The van der Waals surface area contributed by atoms with E-state index in [-0.39, 0.29) is 17.8 Å². The van der Waals surface area contributed by atoms with Gasteiger partial charge in [0.15, 0.2) is 0 Å². The van der Waals surface area contributed by atoms with Crippen molar-refractivity contribution in [2.75, 3.05) is 37.7 Å². The van der Waals surface area contributed by atoms with Crippen LogP contribution < -0.4 is 4.90 Å². The quantitative estimate of drug-likeness (QED) is 0.861. The van der Waals surface area contributed by atoms with E-state index >= 15 is 0 Å². The molecule has 130 valence electrons. The Balaban J connectivity index is 1.41. The highest BCUT2D eigenvalue weighted by Gasteiger charge is 2.28. The molecule has 2 heterocycles. The minimum Gasteiger partial charge on any atom is -0.371 e. The highest BCUT2D eigenvalue weighted by atomic mass is 19.1. The van der Waals surface area contributed by atoms with Crippen LogP contribution in [-0.4, -0.2) is 43.6 Å². The molecule has 0 aliphatic carbocycles. The third-order valence-corrected chi connectivity index (χ3v) is 4.94. The van der Waals surface area contributed by atoms with Gasteiger partial charge in [-0.05, 0) is 35.7 Å². The number of anilines is 1. The summed E-state index contributed by atoms with van der Waals surface area (Å²) in [4.78, 5) is 16.8. The van der Waals surface area contributed by atoms with Crippen LogP contribution in [0, 0.1) is 5.82 Å². The maximum atomic E-state index is 13.1. The number of amides is 1. The maximum absolute atomic E-state index is 13.1. The molecule has 1 atom stereocenters. The molecule has 2 aliphatic rings. The number of hydrogen-bond donors (Lipinski definition) is 0. The molecule has 1 unspecified atom stereocenters. The highest BCUT2D eigenvalue weighted by molar-refractivity contribution is 5.96. The molecule has 1 fully saturated rings. The molecule has 0 N–H and O–H groups in total. The van der Waals surface area contributed by atoms with Crippen LogP contribution >= 0.6 is 0 Å². The van der Waals surface area contributed by atoms with Crippen molar-refractivity contribution in [3.8, 4) is 0 Å². The van der Waals surface area contributed by atoms with Gasteiger partial charge < -0.3 is 9.64 Å². The van der Waals surface area contributed by atoms with Crippen LogP contribution in [-0.2, 0) is 16.0 Å². The van der Waals surface area contributed by atoms with E-state index in [0.717, 1.165) is 30.8 Å². The second kappa shape index (κ2) is 6.94. The molecule has 5 heteroatoms. The van der Waals surface area contributed by atoms with E-state index in [2.05, 4.69) is 11.0 Å². The molecule has 0 spiro atoms. The van der Waals surface area contributed by atoms with E-state index in [1.807, 2.05) is 23.1 Å². The Morgan fingerprint density at radius 1 is 1.12 bits per heavy atom. The van der Waals surface area contributed by atoms with Crippen molar-refractivity contribution < 1.29 is 13.9 Å². The van der Waals surface area contributed by atoms with Crippen LogP contribution in [0.3, 0.4) is 0 Å². The van der Waals surface area contributed by atoms with Crippen LogP contribution in [0.15, 0.2) is 48.5 Å². The minimum atomic E-state index is -0.251. The summed E-state index contributed by atoms with van der Waals surface area (Å²) in [5.41, 5.74) is 3.22. The number of nitrogens with zero attached hydrogens (tertiary/aromatic N) is 2. The molecule has 1 amide bonds. The average molecular weight is 340 g/mol. The van der Waals surface area contributed by atoms with Crippen molar-refractivity contribution in [1.29, 1.82) is 0 Å². The summed E-state index contributed by atoms with van der Waals surface area (Å²) in [6, 6.07) is 14.5. The van der Waals surface area contributed by atoms with Gasteiger partial charge in [-0.3, -0.25) is 9.69 Å². The molecule has 0 bridgehead atoms. The van der Waals surface area contributed by atoms with E-state index in [9.17, 15) is 9.18 Å². The first kappa shape index (κ1) is 16.2. The van der Waals surface area contributed by atoms with Crippen LogP contribution in [0.4, 0.5) is 10.1 Å². The van der Waals surface area contributed by atoms with Crippen molar-refractivity contribution in [3.63, 3.8) is 0 Å². The smallest absolute Gasteiger partial charge is 0.241 e. The van der Waals surface area contributed by atoms with Gasteiger partial charge >= 0.3 is 0 Å². The summed E-state index contributed by atoms with van der Waals surface area (Å²) in [7, 11) is 0. The SMILES string of the molecule is O=C(CN1CCOC(c2ccc(F)cc2)C1)N1CCc2ccccc21. The van der Waals surface area contributed by atoms with Gasteiger partial charge in [0.2, 0.25) is 5.91 Å². The van der Waals surface area contributed by atoms with Crippen LogP contribution in [0.2, 0.25) is 0 Å². The monoisotopic (exact) mass is 340 g/mol. The van der Waals surface area contributed by atoms with Crippen LogP contribution in [0.5, 0.6) is 0 Å². The number of morpholine rings is 1. The first-order chi connectivity index (χ1) is 12.2. The van der Waals surface area contributed by atoms with E-state index in [4.69, 9.17) is 4.74 Å². The number of benzene rings is 2. The predicted molar refractivity (Wildman–Crippen MR) is 94.0 cm³/mol. The average Bonchev–Trinajstić information content (AvgIpc) is 3.07. The molecule has 0 radical (unpaired) electrons. The Bertz CT molecular complexity index is 763. The molecular formula is C20H21FN2O2. The molecule has 0 aromatic heterocycles. The minimum absolute atomic E-state index is 0.118. The molecule has 1 saturated heterocycles. The number of halogens is 1. The second-order valence-electron chi connectivity index (χ2n) is 6.57. The molecule has 25 heavy (non-hydrogen) atoms. The van der Waals surface area contributed by atoms with Gasteiger partial charge in [-0.2, -0.15) is 0 Å².